The molecule has 0 aliphatic rings. The van der Waals surface area contributed by atoms with Gasteiger partial charge >= 0.3 is 0 Å². The molecule has 0 fully saturated rings. The number of carbonyl (C=O) groups is 1. The number of hydrogen-bond donors (Lipinski definition) is 1. The van der Waals surface area contributed by atoms with Crippen LogP contribution in [0.3, 0.4) is 0 Å². The number of ether oxygens (including phenoxy) is 1. The molecule has 0 saturated heterocycles. The van der Waals surface area contributed by atoms with Gasteiger partial charge < -0.3 is 14.5 Å². The van der Waals surface area contributed by atoms with E-state index in [0.29, 0.717) is 11.3 Å². The zero-order chi connectivity index (χ0) is 18.5. The molecule has 0 bridgehead atoms. The van der Waals surface area contributed by atoms with Gasteiger partial charge in [0, 0.05) is 11.1 Å². The lowest BCUT2D eigenvalue weighted by atomic mass is 9.95. The molecule has 1 N–H and O–H groups in total. The Balaban J connectivity index is 1.75. The third-order valence-electron chi connectivity index (χ3n) is 4.29. The van der Waals surface area contributed by atoms with Gasteiger partial charge in [-0.2, -0.15) is 0 Å². The highest BCUT2D eigenvalue weighted by atomic mass is 16.5. The summed E-state index contributed by atoms with van der Waals surface area (Å²) in [6, 6.07) is 15.0. The molecule has 0 spiro atoms. The van der Waals surface area contributed by atoms with E-state index in [1.807, 2.05) is 36.4 Å². The molecule has 3 aromatic rings. The zero-order valence-electron chi connectivity index (χ0n) is 15.1. The number of benzene rings is 2. The van der Waals surface area contributed by atoms with Crippen molar-refractivity contribution in [3.63, 3.8) is 0 Å². The molecule has 1 heterocycles. The van der Waals surface area contributed by atoms with E-state index in [0.717, 1.165) is 16.9 Å². The van der Waals surface area contributed by atoms with E-state index in [1.165, 1.54) is 6.39 Å². The summed E-state index contributed by atoms with van der Waals surface area (Å²) in [4.78, 5) is 16.6. The van der Waals surface area contributed by atoms with Gasteiger partial charge in [0.05, 0.1) is 19.3 Å². The second kappa shape index (κ2) is 7.87. The maximum Gasteiger partial charge on any atom is 0.251 e. The lowest BCUT2D eigenvalue weighted by molar-refractivity contribution is 0.0925. The molecule has 3 rings (SSSR count). The Bertz CT molecular complexity index is 838. The van der Waals surface area contributed by atoms with E-state index in [-0.39, 0.29) is 17.9 Å². The summed E-state index contributed by atoms with van der Waals surface area (Å²) in [6.45, 7) is 4.17. The predicted octanol–water partition coefficient (Wildman–Crippen LogP) is 4.48. The molecule has 5 nitrogen and oxygen atoms in total. The van der Waals surface area contributed by atoms with Crippen molar-refractivity contribution in [3.8, 4) is 17.1 Å². The summed E-state index contributed by atoms with van der Waals surface area (Å²) >= 11 is 0. The van der Waals surface area contributed by atoms with Crippen molar-refractivity contribution >= 4 is 5.91 Å². The van der Waals surface area contributed by atoms with Gasteiger partial charge in [0.2, 0.25) is 0 Å². The minimum atomic E-state index is -0.108. The van der Waals surface area contributed by atoms with Crippen LogP contribution in [0.15, 0.2) is 65.5 Å². The Morgan fingerprint density at radius 3 is 2.31 bits per heavy atom. The summed E-state index contributed by atoms with van der Waals surface area (Å²) in [6.07, 6.45) is 3.03. The van der Waals surface area contributed by atoms with Crippen molar-refractivity contribution in [3.05, 3.63) is 72.2 Å². The normalized spacial score (nSPS) is 12.0. The Kier molecular flexibility index (Phi) is 5.37. The standard InChI is InChI=1S/C21H22N2O3/c1-14(2)20(16-8-10-18(25-3)11-9-16)23-21(24)17-6-4-15(5-7-17)19-12-22-13-26-19/h4-14,20H,1-3H3,(H,23,24)/t20-/m0/s1. The first-order valence-corrected chi connectivity index (χ1v) is 8.52. The molecule has 2 aromatic carbocycles. The van der Waals surface area contributed by atoms with Crippen LogP contribution in [-0.2, 0) is 0 Å². The molecular formula is C21H22N2O3. The second-order valence-corrected chi connectivity index (χ2v) is 6.41. The lowest BCUT2D eigenvalue weighted by Crippen LogP contribution is -2.31. The molecule has 5 heteroatoms. The number of nitrogens with one attached hydrogen (secondary N) is 1. The molecule has 0 unspecified atom stereocenters. The maximum atomic E-state index is 12.7. The van der Waals surface area contributed by atoms with E-state index in [2.05, 4.69) is 24.1 Å². The van der Waals surface area contributed by atoms with Gasteiger partial charge in [-0.25, -0.2) is 4.98 Å². The van der Waals surface area contributed by atoms with Crippen LogP contribution in [0.5, 0.6) is 5.75 Å². The Labute approximate surface area is 153 Å². The first kappa shape index (κ1) is 17.7. The quantitative estimate of drug-likeness (QED) is 0.712. The van der Waals surface area contributed by atoms with E-state index >= 15 is 0 Å². The lowest BCUT2D eigenvalue weighted by Gasteiger charge is -2.23. The molecule has 1 aromatic heterocycles. The van der Waals surface area contributed by atoms with Crippen molar-refractivity contribution in [1.82, 2.24) is 10.3 Å². The summed E-state index contributed by atoms with van der Waals surface area (Å²) in [5, 5.41) is 3.13. The molecule has 0 aliphatic heterocycles. The van der Waals surface area contributed by atoms with Crippen LogP contribution in [-0.4, -0.2) is 18.0 Å². The second-order valence-electron chi connectivity index (χ2n) is 6.41. The third-order valence-corrected chi connectivity index (χ3v) is 4.29. The van der Waals surface area contributed by atoms with Crippen LogP contribution >= 0.6 is 0 Å². The highest BCUT2D eigenvalue weighted by molar-refractivity contribution is 5.94. The van der Waals surface area contributed by atoms with Crippen LogP contribution in [0.25, 0.3) is 11.3 Å². The van der Waals surface area contributed by atoms with Crippen molar-refractivity contribution in [2.45, 2.75) is 19.9 Å². The molecule has 134 valence electrons. The van der Waals surface area contributed by atoms with E-state index < -0.39 is 0 Å². The fourth-order valence-electron chi connectivity index (χ4n) is 2.81. The van der Waals surface area contributed by atoms with Crippen LogP contribution < -0.4 is 10.1 Å². The number of rotatable bonds is 6. The van der Waals surface area contributed by atoms with E-state index in [9.17, 15) is 4.79 Å². The minimum absolute atomic E-state index is 0.0812. The van der Waals surface area contributed by atoms with Gasteiger partial charge in [0.25, 0.3) is 5.91 Å². The number of carbonyl (C=O) groups excluding carboxylic acids is 1. The number of methoxy groups -OCH3 is 1. The molecule has 1 amide bonds. The highest BCUT2D eigenvalue weighted by Crippen LogP contribution is 2.25. The fourth-order valence-corrected chi connectivity index (χ4v) is 2.81. The number of oxazole rings is 1. The molecule has 0 saturated carbocycles. The Morgan fingerprint density at radius 1 is 1.08 bits per heavy atom. The van der Waals surface area contributed by atoms with Gasteiger partial charge in [0.15, 0.2) is 12.2 Å². The number of aromatic nitrogens is 1. The van der Waals surface area contributed by atoms with Gasteiger partial charge in [-0.05, 0) is 35.7 Å². The van der Waals surface area contributed by atoms with Crippen molar-refractivity contribution in [1.29, 1.82) is 0 Å². The monoisotopic (exact) mass is 350 g/mol. The predicted molar refractivity (Wildman–Crippen MR) is 100.0 cm³/mol. The van der Waals surface area contributed by atoms with Crippen molar-refractivity contribution in [2.75, 3.05) is 7.11 Å². The molecule has 1 atom stereocenters. The molecular weight excluding hydrogens is 328 g/mol. The van der Waals surface area contributed by atoms with E-state index in [1.54, 1.807) is 25.4 Å². The maximum absolute atomic E-state index is 12.7. The van der Waals surface area contributed by atoms with Crippen LogP contribution in [0, 0.1) is 5.92 Å². The van der Waals surface area contributed by atoms with Gasteiger partial charge in [-0.3, -0.25) is 4.79 Å². The number of nitrogens with zero attached hydrogens (tertiary/aromatic N) is 1. The molecule has 0 aliphatic carbocycles. The molecule has 0 radical (unpaired) electrons. The molecule has 26 heavy (non-hydrogen) atoms. The average Bonchev–Trinajstić information content (AvgIpc) is 3.21. The largest absolute Gasteiger partial charge is 0.497 e. The third kappa shape index (κ3) is 3.94. The summed E-state index contributed by atoms with van der Waals surface area (Å²) in [7, 11) is 1.64. The van der Waals surface area contributed by atoms with Crippen molar-refractivity contribution in [2.24, 2.45) is 5.92 Å². The summed E-state index contributed by atoms with van der Waals surface area (Å²) in [5.74, 6) is 1.62. The van der Waals surface area contributed by atoms with Crippen LogP contribution in [0.1, 0.15) is 35.8 Å². The van der Waals surface area contributed by atoms with Crippen LogP contribution in [0.2, 0.25) is 0 Å². The summed E-state index contributed by atoms with van der Waals surface area (Å²) < 4.78 is 10.5. The zero-order valence-corrected chi connectivity index (χ0v) is 15.1. The number of amides is 1. The Hall–Kier alpha value is -3.08. The first-order valence-electron chi connectivity index (χ1n) is 8.52. The smallest absolute Gasteiger partial charge is 0.251 e. The van der Waals surface area contributed by atoms with Gasteiger partial charge in [-0.1, -0.05) is 38.1 Å². The topological polar surface area (TPSA) is 64.4 Å². The first-order chi connectivity index (χ1) is 12.6. The van der Waals surface area contributed by atoms with Crippen LogP contribution in [0.4, 0.5) is 0 Å². The Morgan fingerprint density at radius 2 is 1.77 bits per heavy atom. The summed E-state index contributed by atoms with van der Waals surface area (Å²) in [5.41, 5.74) is 2.54. The average molecular weight is 350 g/mol. The van der Waals surface area contributed by atoms with Gasteiger partial charge in [-0.15, -0.1) is 0 Å². The SMILES string of the molecule is COc1ccc([C@@H](NC(=O)c2ccc(-c3cnco3)cc2)C(C)C)cc1. The number of hydrogen-bond acceptors (Lipinski definition) is 4. The van der Waals surface area contributed by atoms with Gasteiger partial charge in [0.1, 0.15) is 5.75 Å². The highest BCUT2D eigenvalue weighted by Gasteiger charge is 2.19. The minimum Gasteiger partial charge on any atom is -0.497 e. The fraction of sp³-hybridized carbons (Fsp3) is 0.238. The van der Waals surface area contributed by atoms with E-state index in [4.69, 9.17) is 9.15 Å². The van der Waals surface area contributed by atoms with Crippen molar-refractivity contribution < 1.29 is 13.9 Å².